The van der Waals surface area contributed by atoms with Gasteiger partial charge in [0.25, 0.3) is 5.91 Å². The van der Waals surface area contributed by atoms with Crippen LogP contribution in [0.15, 0.2) is 42.5 Å². The van der Waals surface area contributed by atoms with Crippen molar-refractivity contribution in [2.45, 2.75) is 19.8 Å². The van der Waals surface area contributed by atoms with Gasteiger partial charge in [-0.2, -0.15) is 0 Å². The Morgan fingerprint density at radius 1 is 1.14 bits per heavy atom. The molecule has 0 aromatic heterocycles. The minimum atomic E-state index is -0.252. The first-order chi connectivity index (χ1) is 13.5. The summed E-state index contributed by atoms with van der Waals surface area (Å²) < 4.78 is 19.0. The third kappa shape index (κ3) is 4.42. The quantitative estimate of drug-likeness (QED) is 0.829. The lowest BCUT2D eigenvalue weighted by Crippen LogP contribution is -2.43. The molecule has 1 amide bonds. The van der Waals surface area contributed by atoms with Gasteiger partial charge in [0.15, 0.2) is 0 Å². The lowest BCUT2D eigenvalue weighted by atomic mass is 9.99. The highest BCUT2D eigenvalue weighted by atomic mass is 19.1. The van der Waals surface area contributed by atoms with Crippen LogP contribution in [0.4, 0.5) is 4.39 Å². The van der Waals surface area contributed by atoms with Gasteiger partial charge in [-0.1, -0.05) is 18.2 Å². The predicted molar refractivity (Wildman–Crippen MR) is 108 cm³/mol. The van der Waals surface area contributed by atoms with Crippen molar-refractivity contribution in [2.75, 3.05) is 39.4 Å². The summed E-state index contributed by atoms with van der Waals surface area (Å²) >= 11 is 0. The lowest BCUT2D eigenvalue weighted by molar-refractivity contribution is 0.0283. The number of halogens is 1. The lowest BCUT2D eigenvalue weighted by Gasteiger charge is -2.30. The maximum absolute atomic E-state index is 13.6. The predicted octanol–water partition coefficient (Wildman–Crippen LogP) is 3.64. The molecule has 0 spiro atoms. The smallest absolute Gasteiger partial charge is 0.251 e. The van der Waals surface area contributed by atoms with E-state index in [0.29, 0.717) is 12.1 Å². The number of morpholine rings is 1. The number of nitrogens with one attached hydrogen (secondary N) is 1. The SMILES string of the molecule is Cc1ccc(F)cc1-c1ccc(C(=O)NCC2(CN3CCOCC3)CC2)cc1. The molecule has 0 atom stereocenters. The van der Waals surface area contributed by atoms with Gasteiger partial charge in [-0.05, 0) is 60.7 Å². The van der Waals surface area contributed by atoms with Crippen LogP contribution in [-0.4, -0.2) is 50.2 Å². The summed E-state index contributed by atoms with van der Waals surface area (Å²) in [6.45, 7) is 7.29. The van der Waals surface area contributed by atoms with Crippen molar-refractivity contribution in [1.29, 1.82) is 0 Å². The zero-order valence-corrected chi connectivity index (χ0v) is 16.3. The first-order valence-corrected chi connectivity index (χ1v) is 10.00. The molecule has 1 aliphatic heterocycles. The van der Waals surface area contributed by atoms with Gasteiger partial charge in [0, 0.05) is 37.2 Å². The standard InChI is InChI=1S/C23H27FN2O2/c1-17-2-7-20(24)14-21(17)18-3-5-19(6-4-18)22(27)25-15-23(8-9-23)16-26-10-12-28-13-11-26/h2-7,14H,8-13,15-16H2,1H3,(H,25,27). The van der Waals surface area contributed by atoms with Gasteiger partial charge in [0.2, 0.25) is 0 Å². The fourth-order valence-corrected chi connectivity index (χ4v) is 3.88. The van der Waals surface area contributed by atoms with Gasteiger partial charge in [-0.3, -0.25) is 9.69 Å². The van der Waals surface area contributed by atoms with E-state index in [4.69, 9.17) is 4.74 Å². The fourth-order valence-electron chi connectivity index (χ4n) is 3.88. The summed E-state index contributed by atoms with van der Waals surface area (Å²) in [6.07, 6.45) is 2.34. The summed E-state index contributed by atoms with van der Waals surface area (Å²) in [5, 5.41) is 3.11. The molecule has 4 rings (SSSR count). The van der Waals surface area contributed by atoms with Crippen LogP contribution in [0.2, 0.25) is 0 Å². The van der Waals surface area contributed by atoms with E-state index >= 15 is 0 Å². The third-order valence-corrected chi connectivity index (χ3v) is 5.90. The van der Waals surface area contributed by atoms with E-state index in [-0.39, 0.29) is 17.1 Å². The Labute approximate surface area is 165 Å². The van der Waals surface area contributed by atoms with Crippen LogP contribution in [0.3, 0.4) is 0 Å². The number of ether oxygens (including phenoxy) is 1. The molecule has 0 bridgehead atoms. The Morgan fingerprint density at radius 3 is 2.54 bits per heavy atom. The number of hydrogen-bond donors (Lipinski definition) is 1. The number of carbonyl (C=O) groups is 1. The van der Waals surface area contributed by atoms with Crippen molar-refractivity contribution in [1.82, 2.24) is 10.2 Å². The normalized spacial score (nSPS) is 18.6. The average Bonchev–Trinajstić information content (AvgIpc) is 3.48. The van der Waals surface area contributed by atoms with Crippen molar-refractivity contribution in [3.05, 3.63) is 59.4 Å². The molecule has 1 N–H and O–H groups in total. The summed E-state index contributed by atoms with van der Waals surface area (Å²) in [5.41, 5.74) is 3.65. The maximum Gasteiger partial charge on any atom is 0.251 e. The van der Waals surface area contributed by atoms with Crippen LogP contribution in [-0.2, 0) is 4.74 Å². The minimum absolute atomic E-state index is 0.0456. The van der Waals surface area contributed by atoms with Crippen LogP contribution in [0.25, 0.3) is 11.1 Å². The second-order valence-electron chi connectivity index (χ2n) is 8.11. The average molecular weight is 382 g/mol. The molecule has 0 unspecified atom stereocenters. The first-order valence-electron chi connectivity index (χ1n) is 10.00. The van der Waals surface area contributed by atoms with Crippen LogP contribution >= 0.6 is 0 Å². The van der Waals surface area contributed by atoms with E-state index in [1.54, 1.807) is 6.07 Å². The number of carbonyl (C=O) groups excluding carboxylic acids is 1. The minimum Gasteiger partial charge on any atom is -0.379 e. The van der Waals surface area contributed by atoms with Gasteiger partial charge in [-0.15, -0.1) is 0 Å². The molecule has 148 valence electrons. The van der Waals surface area contributed by atoms with Gasteiger partial charge >= 0.3 is 0 Å². The third-order valence-electron chi connectivity index (χ3n) is 5.90. The van der Waals surface area contributed by atoms with E-state index in [1.807, 2.05) is 31.2 Å². The molecular formula is C23H27FN2O2. The molecular weight excluding hydrogens is 355 g/mol. The summed E-state index contributed by atoms with van der Waals surface area (Å²) in [7, 11) is 0. The fraction of sp³-hybridized carbons (Fsp3) is 0.435. The molecule has 1 heterocycles. The Morgan fingerprint density at radius 2 is 1.86 bits per heavy atom. The molecule has 4 nitrogen and oxygen atoms in total. The number of benzene rings is 2. The van der Waals surface area contributed by atoms with Crippen molar-refractivity contribution >= 4 is 5.91 Å². The van der Waals surface area contributed by atoms with E-state index in [1.165, 1.54) is 25.0 Å². The van der Waals surface area contributed by atoms with E-state index in [2.05, 4.69) is 10.2 Å². The highest BCUT2D eigenvalue weighted by Gasteiger charge is 2.44. The molecule has 1 aliphatic carbocycles. The molecule has 2 aromatic rings. The first kappa shape index (κ1) is 19.1. The number of hydrogen-bond acceptors (Lipinski definition) is 3. The topological polar surface area (TPSA) is 41.6 Å². The van der Waals surface area contributed by atoms with Gasteiger partial charge in [0.05, 0.1) is 13.2 Å². The zero-order valence-electron chi connectivity index (χ0n) is 16.3. The molecule has 2 aliphatic rings. The largest absolute Gasteiger partial charge is 0.379 e. The molecule has 5 heteroatoms. The number of nitrogens with zero attached hydrogens (tertiary/aromatic N) is 1. The van der Waals surface area contributed by atoms with Gasteiger partial charge in [0.1, 0.15) is 5.82 Å². The van der Waals surface area contributed by atoms with Crippen molar-refractivity contribution in [3.8, 4) is 11.1 Å². The van der Waals surface area contributed by atoms with Crippen molar-refractivity contribution < 1.29 is 13.9 Å². The van der Waals surface area contributed by atoms with Crippen LogP contribution in [0, 0.1) is 18.2 Å². The summed E-state index contributed by atoms with van der Waals surface area (Å²) in [4.78, 5) is 15.0. The maximum atomic E-state index is 13.6. The van der Waals surface area contributed by atoms with Gasteiger partial charge < -0.3 is 10.1 Å². The van der Waals surface area contributed by atoms with Crippen LogP contribution < -0.4 is 5.32 Å². The van der Waals surface area contributed by atoms with E-state index in [0.717, 1.165) is 49.5 Å². The van der Waals surface area contributed by atoms with Crippen molar-refractivity contribution in [2.24, 2.45) is 5.41 Å². The highest BCUT2D eigenvalue weighted by molar-refractivity contribution is 5.94. The highest BCUT2D eigenvalue weighted by Crippen LogP contribution is 2.45. The molecule has 1 saturated heterocycles. The van der Waals surface area contributed by atoms with Crippen LogP contribution in [0.5, 0.6) is 0 Å². The molecule has 1 saturated carbocycles. The molecule has 2 aromatic carbocycles. The molecule has 28 heavy (non-hydrogen) atoms. The molecule has 0 radical (unpaired) electrons. The summed E-state index contributed by atoms with van der Waals surface area (Å²) in [6, 6.07) is 12.2. The second kappa shape index (κ2) is 8.02. The summed E-state index contributed by atoms with van der Waals surface area (Å²) in [5.74, 6) is -0.298. The monoisotopic (exact) mass is 382 g/mol. The Balaban J connectivity index is 1.35. The number of amides is 1. The number of rotatable bonds is 6. The van der Waals surface area contributed by atoms with E-state index < -0.39 is 0 Å². The van der Waals surface area contributed by atoms with E-state index in [9.17, 15) is 9.18 Å². The van der Waals surface area contributed by atoms with Crippen molar-refractivity contribution in [3.63, 3.8) is 0 Å². The van der Waals surface area contributed by atoms with Crippen LogP contribution in [0.1, 0.15) is 28.8 Å². The van der Waals surface area contributed by atoms with Gasteiger partial charge in [-0.25, -0.2) is 4.39 Å². The molecule has 2 fully saturated rings. The number of aryl methyl sites for hydroxylation is 1. The Kier molecular flexibility index (Phi) is 5.47. The zero-order chi connectivity index (χ0) is 19.6. The Bertz CT molecular complexity index is 840. The Hall–Kier alpha value is -2.24. The second-order valence-corrected chi connectivity index (χ2v) is 8.11.